The van der Waals surface area contributed by atoms with Crippen LogP contribution >= 0.6 is 0 Å². The minimum Gasteiger partial charge on any atom is -0.456 e. The maximum atomic E-state index is 6.42. The molecule has 58 heavy (non-hydrogen) atoms. The number of anilines is 3. The van der Waals surface area contributed by atoms with Crippen molar-refractivity contribution in [2.24, 2.45) is 0 Å². The molecule has 0 N–H and O–H groups in total. The molecule has 0 aliphatic rings. The van der Waals surface area contributed by atoms with Crippen LogP contribution < -0.4 is 4.90 Å². The normalized spacial score (nSPS) is 11.4. The summed E-state index contributed by atoms with van der Waals surface area (Å²) in [6, 6.07) is 80.6. The van der Waals surface area contributed by atoms with Gasteiger partial charge < -0.3 is 9.32 Å². The van der Waals surface area contributed by atoms with Crippen molar-refractivity contribution in [2.45, 2.75) is 0 Å². The molecule has 0 atom stereocenters. The van der Waals surface area contributed by atoms with E-state index < -0.39 is 0 Å². The monoisotopic (exact) mass is 739 g/mol. The summed E-state index contributed by atoms with van der Waals surface area (Å²) in [5, 5.41) is 7.25. The highest BCUT2D eigenvalue weighted by Crippen LogP contribution is 2.46. The molecule has 0 amide bonds. The third-order valence-electron chi connectivity index (χ3n) is 11.5. The number of rotatable bonds is 7. The van der Waals surface area contributed by atoms with Gasteiger partial charge in [-0.25, -0.2) is 0 Å². The second kappa shape index (κ2) is 14.1. The Bertz CT molecular complexity index is 3240. The highest BCUT2D eigenvalue weighted by molar-refractivity contribution is 6.21. The van der Waals surface area contributed by atoms with E-state index in [1.807, 2.05) is 12.1 Å². The van der Waals surface area contributed by atoms with Crippen molar-refractivity contribution in [3.63, 3.8) is 0 Å². The molecule has 0 saturated heterocycles. The summed E-state index contributed by atoms with van der Waals surface area (Å²) in [5.74, 6) is 0. The fourth-order valence-electron chi connectivity index (χ4n) is 8.71. The third kappa shape index (κ3) is 5.82. The lowest BCUT2D eigenvalue weighted by atomic mass is 9.85. The number of hydrogen-bond acceptors (Lipinski definition) is 2. The molecule has 11 rings (SSSR count). The van der Waals surface area contributed by atoms with Gasteiger partial charge in [0.1, 0.15) is 11.2 Å². The van der Waals surface area contributed by atoms with Crippen LogP contribution in [0.3, 0.4) is 0 Å². The molecule has 0 aliphatic carbocycles. The molecule has 0 saturated carbocycles. The highest BCUT2D eigenvalue weighted by Gasteiger charge is 2.20. The Balaban J connectivity index is 1.04. The summed E-state index contributed by atoms with van der Waals surface area (Å²) >= 11 is 0. The summed E-state index contributed by atoms with van der Waals surface area (Å²) < 4.78 is 6.42. The molecule has 2 heteroatoms. The molecule has 0 radical (unpaired) electrons. The lowest BCUT2D eigenvalue weighted by molar-refractivity contribution is 0.669. The summed E-state index contributed by atoms with van der Waals surface area (Å²) in [7, 11) is 0. The maximum absolute atomic E-state index is 6.42. The van der Waals surface area contributed by atoms with E-state index in [2.05, 4.69) is 217 Å². The number of para-hydroxylation sites is 1. The van der Waals surface area contributed by atoms with E-state index in [1.165, 1.54) is 66.1 Å². The Morgan fingerprint density at radius 3 is 1.16 bits per heavy atom. The zero-order valence-corrected chi connectivity index (χ0v) is 31.7. The minimum absolute atomic E-state index is 0.866. The van der Waals surface area contributed by atoms with Gasteiger partial charge in [0.15, 0.2) is 0 Å². The fourth-order valence-corrected chi connectivity index (χ4v) is 8.71. The second-order valence-electron chi connectivity index (χ2n) is 14.9. The van der Waals surface area contributed by atoms with E-state index in [-0.39, 0.29) is 0 Å². The van der Waals surface area contributed by atoms with Crippen molar-refractivity contribution in [1.29, 1.82) is 0 Å². The van der Waals surface area contributed by atoms with E-state index in [9.17, 15) is 0 Å². The average Bonchev–Trinajstić information content (AvgIpc) is 3.68. The van der Waals surface area contributed by atoms with Crippen molar-refractivity contribution in [1.82, 2.24) is 0 Å². The summed E-state index contributed by atoms with van der Waals surface area (Å²) in [6.45, 7) is 0. The predicted molar refractivity (Wildman–Crippen MR) is 245 cm³/mol. The number of hydrogen-bond donors (Lipinski definition) is 0. The van der Waals surface area contributed by atoms with Crippen molar-refractivity contribution in [2.75, 3.05) is 4.90 Å². The Kier molecular flexibility index (Phi) is 8.19. The van der Waals surface area contributed by atoms with Crippen LogP contribution in [0.4, 0.5) is 17.1 Å². The quantitative estimate of drug-likeness (QED) is 0.151. The van der Waals surface area contributed by atoms with Crippen LogP contribution in [0.5, 0.6) is 0 Å². The molecule has 1 aromatic heterocycles. The number of furan rings is 1. The van der Waals surface area contributed by atoms with Gasteiger partial charge >= 0.3 is 0 Å². The summed E-state index contributed by atoms with van der Waals surface area (Å²) in [4.78, 5) is 2.33. The van der Waals surface area contributed by atoms with Crippen LogP contribution in [0.2, 0.25) is 0 Å². The minimum atomic E-state index is 0.866. The molecular formula is C56H37NO. The molecule has 272 valence electrons. The number of fused-ring (bicyclic) bond motifs is 6. The molecular weight excluding hydrogens is 703 g/mol. The standard InChI is InChI=1S/C56H37NO/c1-3-13-38(14-4-1)39-23-25-40(26-24-39)41-27-31-44(32-28-41)57(46-35-36-50-49-19-11-12-22-53(49)58-54(50)37-46)45-33-29-43(30-34-45)56-52-21-10-8-18-48(52)47-17-7-9-20-51(47)55(56)42-15-5-2-6-16-42/h1-37H. The van der Waals surface area contributed by atoms with E-state index in [0.717, 1.165) is 39.0 Å². The van der Waals surface area contributed by atoms with Crippen molar-refractivity contribution >= 4 is 60.5 Å². The van der Waals surface area contributed by atoms with Gasteiger partial charge in [-0.05, 0) is 109 Å². The largest absolute Gasteiger partial charge is 0.456 e. The van der Waals surface area contributed by atoms with Gasteiger partial charge in [-0.3, -0.25) is 0 Å². The van der Waals surface area contributed by atoms with Crippen LogP contribution in [0.15, 0.2) is 229 Å². The lowest BCUT2D eigenvalue weighted by Gasteiger charge is -2.26. The van der Waals surface area contributed by atoms with Crippen LogP contribution in [0, 0.1) is 0 Å². The first kappa shape index (κ1) is 33.6. The molecule has 0 aliphatic heterocycles. The molecule has 1 heterocycles. The second-order valence-corrected chi connectivity index (χ2v) is 14.9. The first-order valence-corrected chi connectivity index (χ1v) is 19.8. The summed E-state index contributed by atoms with van der Waals surface area (Å²) in [5.41, 5.74) is 14.6. The van der Waals surface area contributed by atoms with E-state index in [1.54, 1.807) is 0 Å². The molecule has 0 bridgehead atoms. The zero-order valence-electron chi connectivity index (χ0n) is 31.7. The van der Waals surface area contributed by atoms with Gasteiger partial charge in [0.25, 0.3) is 0 Å². The SMILES string of the molecule is c1ccc(-c2ccc(-c3ccc(N(c4ccc(-c5c(-c6ccccc6)c6ccccc6c6ccccc56)cc4)c4ccc5c(c4)oc4ccccc45)cc3)cc2)cc1. The lowest BCUT2D eigenvalue weighted by Crippen LogP contribution is -2.09. The van der Waals surface area contributed by atoms with Gasteiger partial charge in [-0.1, -0.05) is 176 Å². The number of nitrogens with zero attached hydrogens (tertiary/aromatic N) is 1. The van der Waals surface area contributed by atoms with Crippen LogP contribution in [0.1, 0.15) is 0 Å². The first-order chi connectivity index (χ1) is 28.8. The topological polar surface area (TPSA) is 16.4 Å². The third-order valence-corrected chi connectivity index (χ3v) is 11.5. The Hall–Kier alpha value is -7.68. The van der Waals surface area contributed by atoms with Crippen LogP contribution in [-0.4, -0.2) is 0 Å². The molecule has 0 fully saturated rings. The van der Waals surface area contributed by atoms with Gasteiger partial charge in [-0.2, -0.15) is 0 Å². The van der Waals surface area contributed by atoms with Crippen LogP contribution in [-0.2, 0) is 0 Å². The van der Waals surface area contributed by atoms with E-state index in [0.29, 0.717) is 0 Å². The Morgan fingerprint density at radius 1 is 0.241 bits per heavy atom. The highest BCUT2D eigenvalue weighted by atomic mass is 16.3. The van der Waals surface area contributed by atoms with Gasteiger partial charge in [-0.15, -0.1) is 0 Å². The van der Waals surface area contributed by atoms with E-state index >= 15 is 0 Å². The van der Waals surface area contributed by atoms with Crippen molar-refractivity contribution in [3.05, 3.63) is 224 Å². The van der Waals surface area contributed by atoms with Gasteiger partial charge in [0.05, 0.1) is 0 Å². The van der Waals surface area contributed by atoms with E-state index in [4.69, 9.17) is 4.42 Å². The Labute approximate surface area is 337 Å². The molecule has 10 aromatic carbocycles. The summed E-state index contributed by atoms with van der Waals surface area (Å²) in [6.07, 6.45) is 0. The average molecular weight is 740 g/mol. The van der Waals surface area contributed by atoms with Gasteiger partial charge in [0, 0.05) is 33.9 Å². The smallest absolute Gasteiger partial charge is 0.137 e. The fraction of sp³-hybridized carbons (Fsp3) is 0. The molecule has 2 nitrogen and oxygen atoms in total. The van der Waals surface area contributed by atoms with Crippen molar-refractivity contribution < 1.29 is 4.42 Å². The zero-order chi connectivity index (χ0) is 38.4. The van der Waals surface area contributed by atoms with Crippen LogP contribution in [0.25, 0.3) is 88.0 Å². The predicted octanol–water partition coefficient (Wildman–Crippen LogP) is 16.0. The van der Waals surface area contributed by atoms with Gasteiger partial charge in [0.2, 0.25) is 0 Å². The first-order valence-electron chi connectivity index (χ1n) is 19.8. The maximum Gasteiger partial charge on any atom is 0.137 e. The number of benzene rings is 10. The molecule has 11 aromatic rings. The van der Waals surface area contributed by atoms with Crippen molar-refractivity contribution in [3.8, 4) is 44.5 Å². The Morgan fingerprint density at radius 2 is 0.603 bits per heavy atom. The molecule has 0 spiro atoms. The molecule has 0 unspecified atom stereocenters.